The maximum Gasteiger partial charge on any atom is 0.263 e. The van der Waals surface area contributed by atoms with Crippen LogP contribution in [0.1, 0.15) is 59.6 Å². The molecule has 0 aliphatic rings. The Kier molecular flexibility index (Phi) is 8.46. The van der Waals surface area contributed by atoms with E-state index in [9.17, 15) is 4.79 Å². The Morgan fingerprint density at radius 2 is 1.78 bits per heavy atom. The van der Waals surface area contributed by atoms with Gasteiger partial charge in [-0.05, 0) is 49.1 Å². The first-order chi connectivity index (χ1) is 13.1. The number of hydrogen-bond donors (Lipinski definition) is 0. The van der Waals surface area contributed by atoms with Gasteiger partial charge in [0.1, 0.15) is 0 Å². The van der Waals surface area contributed by atoms with Crippen molar-refractivity contribution < 1.29 is 4.79 Å². The normalized spacial score (nSPS) is 12.3. The number of allylic oxidation sites excluding steroid dienone is 2. The molecule has 27 heavy (non-hydrogen) atoms. The van der Waals surface area contributed by atoms with Crippen molar-refractivity contribution in [2.45, 2.75) is 39.5 Å². The molecule has 0 aliphatic heterocycles. The van der Waals surface area contributed by atoms with E-state index in [0.717, 1.165) is 21.9 Å². The largest absolute Gasteiger partial charge is 0.341 e. The van der Waals surface area contributed by atoms with Gasteiger partial charge < -0.3 is 4.90 Å². The predicted molar refractivity (Wildman–Crippen MR) is 118 cm³/mol. The molecular formula is C23H30N2OS. The van der Waals surface area contributed by atoms with Crippen molar-refractivity contribution in [2.24, 2.45) is 4.99 Å². The molecule has 4 heteroatoms. The third-order valence-electron chi connectivity index (χ3n) is 4.64. The van der Waals surface area contributed by atoms with Gasteiger partial charge in [-0.15, -0.1) is 11.3 Å². The molecule has 0 saturated carbocycles. The lowest BCUT2D eigenvalue weighted by molar-refractivity contribution is 0.0807. The van der Waals surface area contributed by atoms with Gasteiger partial charge in [-0.2, -0.15) is 0 Å². The van der Waals surface area contributed by atoms with Crippen LogP contribution in [-0.2, 0) is 0 Å². The highest BCUT2D eigenvalue weighted by Crippen LogP contribution is 2.25. The fourth-order valence-electron chi connectivity index (χ4n) is 2.85. The molecule has 0 saturated heterocycles. The van der Waals surface area contributed by atoms with Crippen molar-refractivity contribution in [1.82, 2.24) is 4.90 Å². The fourth-order valence-corrected chi connectivity index (χ4v) is 3.86. The minimum atomic E-state index is 0.0689. The van der Waals surface area contributed by atoms with Gasteiger partial charge in [0.15, 0.2) is 0 Å². The smallest absolute Gasteiger partial charge is 0.263 e. The fraction of sp³-hybridized carbons (Fsp3) is 0.391. The highest BCUT2D eigenvalue weighted by atomic mass is 32.1. The molecule has 1 amide bonds. The molecule has 0 unspecified atom stereocenters. The van der Waals surface area contributed by atoms with Gasteiger partial charge in [0, 0.05) is 20.6 Å². The van der Waals surface area contributed by atoms with Crippen LogP contribution in [0.25, 0.3) is 5.57 Å². The Morgan fingerprint density at radius 1 is 1.07 bits per heavy atom. The summed E-state index contributed by atoms with van der Waals surface area (Å²) in [5, 5.41) is 0. The zero-order chi connectivity index (χ0) is 19.6. The van der Waals surface area contributed by atoms with E-state index in [0.29, 0.717) is 6.54 Å². The van der Waals surface area contributed by atoms with Gasteiger partial charge in [0.25, 0.3) is 5.91 Å². The first kappa shape index (κ1) is 21.1. The van der Waals surface area contributed by atoms with Crippen LogP contribution in [0.2, 0.25) is 0 Å². The molecule has 1 aromatic carbocycles. The van der Waals surface area contributed by atoms with Crippen molar-refractivity contribution in [2.75, 3.05) is 20.6 Å². The standard InChI is InChI=1S/C23H30N2OS/c1-5-7-9-14-19(18-12-10-8-11-13-18)17-20(24-3)21-15-16-22(27-21)23(26)25(4)6-2/h8,10-13,15-17H,5-7,9,14H2,1-4H3/b19-17+,24-20?. The number of carbonyl (C=O) groups excluding carboxylic acids is 1. The van der Waals surface area contributed by atoms with Gasteiger partial charge in [-0.1, -0.05) is 50.1 Å². The summed E-state index contributed by atoms with van der Waals surface area (Å²) in [6.45, 7) is 4.91. The summed E-state index contributed by atoms with van der Waals surface area (Å²) in [5.41, 5.74) is 3.48. The maximum atomic E-state index is 12.4. The second-order valence-electron chi connectivity index (χ2n) is 6.58. The van der Waals surface area contributed by atoms with E-state index in [4.69, 9.17) is 0 Å². The highest BCUT2D eigenvalue weighted by Gasteiger charge is 2.15. The molecule has 0 spiro atoms. The molecule has 144 valence electrons. The van der Waals surface area contributed by atoms with Crippen molar-refractivity contribution in [3.05, 3.63) is 63.9 Å². The molecule has 0 bridgehead atoms. The summed E-state index contributed by atoms with van der Waals surface area (Å²) in [7, 11) is 3.65. The molecule has 0 aliphatic carbocycles. The van der Waals surface area contributed by atoms with Crippen molar-refractivity contribution >= 4 is 28.5 Å². The SMILES string of the molecule is CCCCC/C(=C\C(=NC)c1ccc(C(=O)N(C)CC)s1)c1ccccc1. The Bertz CT molecular complexity index is 790. The minimum absolute atomic E-state index is 0.0689. The molecule has 1 heterocycles. The quantitative estimate of drug-likeness (QED) is 0.391. The second-order valence-corrected chi connectivity index (χ2v) is 7.67. The van der Waals surface area contributed by atoms with E-state index >= 15 is 0 Å². The molecule has 0 fully saturated rings. The first-order valence-corrected chi connectivity index (χ1v) is 10.5. The molecule has 2 aromatic rings. The average Bonchev–Trinajstić information content (AvgIpc) is 3.20. The van der Waals surface area contributed by atoms with Crippen LogP contribution in [0.15, 0.2) is 53.5 Å². The van der Waals surface area contributed by atoms with Gasteiger partial charge >= 0.3 is 0 Å². The Hall–Kier alpha value is -2.20. The van der Waals surface area contributed by atoms with Crippen LogP contribution in [-0.4, -0.2) is 37.2 Å². The number of hydrogen-bond acceptors (Lipinski definition) is 3. The Morgan fingerprint density at radius 3 is 2.41 bits per heavy atom. The number of amides is 1. The zero-order valence-corrected chi connectivity index (χ0v) is 17.7. The molecule has 2 rings (SSSR count). The third kappa shape index (κ3) is 5.90. The van der Waals surface area contributed by atoms with Gasteiger partial charge in [-0.25, -0.2) is 0 Å². The molecule has 0 atom stereocenters. The van der Waals surface area contributed by atoms with Crippen molar-refractivity contribution in [3.63, 3.8) is 0 Å². The summed E-state index contributed by atoms with van der Waals surface area (Å²) in [4.78, 5) is 20.4. The summed E-state index contributed by atoms with van der Waals surface area (Å²) in [6.07, 6.45) is 6.83. The lowest BCUT2D eigenvalue weighted by atomic mass is 9.98. The van der Waals surface area contributed by atoms with Gasteiger partial charge in [0.05, 0.1) is 15.5 Å². The number of thiophene rings is 1. The third-order valence-corrected chi connectivity index (χ3v) is 5.73. The van der Waals surface area contributed by atoms with Gasteiger partial charge in [0.2, 0.25) is 0 Å². The average molecular weight is 383 g/mol. The second kappa shape index (κ2) is 10.8. The molecule has 0 N–H and O–H groups in total. The topological polar surface area (TPSA) is 32.7 Å². The molecule has 1 aromatic heterocycles. The summed E-state index contributed by atoms with van der Waals surface area (Å²) in [5.74, 6) is 0.0689. The monoisotopic (exact) mass is 382 g/mol. The summed E-state index contributed by atoms with van der Waals surface area (Å²) in [6, 6.07) is 14.4. The van der Waals surface area contributed by atoms with Crippen LogP contribution in [0.5, 0.6) is 0 Å². The first-order valence-electron chi connectivity index (χ1n) is 9.69. The minimum Gasteiger partial charge on any atom is -0.341 e. The van der Waals surface area contributed by atoms with E-state index in [1.165, 1.54) is 41.7 Å². The van der Waals surface area contributed by atoms with E-state index < -0.39 is 0 Å². The summed E-state index contributed by atoms with van der Waals surface area (Å²) >= 11 is 1.52. The number of rotatable bonds is 9. The van der Waals surface area contributed by atoms with Crippen molar-refractivity contribution in [1.29, 1.82) is 0 Å². The number of nitrogens with zero attached hydrogens (tertiary/aromatic N) is 2. The zero-order valence-electron chi connectivity index (χ0n) is 16.9. The molecule has 3 nitrogen and oxygen atoms in total. The van der Waals surface area contributed by atoms with Crippen LogP contribution in [0.4, 0.5) is 0 Å². The number of carbonyl (C=O) groups is 1. The van der Waals surface area contributed by atoms with Crippen LogP contribution < -0.4 is 0 Å². The Balaban J connectivity index is 2.30. The van der Waals surface area contributed by atoms with Crippen LogP contribution >= 0.6 is 11.3 Å². The molecular weight excluding hydrogens is 352 g/mol. The van der Waals surface area contributed by atoms with Gasteiger partial charge in [-0.3, -0.25) is 9.79 Å². The molecule has 0 radical (unpaired) electrons. The predicted octanol–water partition coefficient (Wildman–Crippen LogP) is 5.92. The maximum absolute atomic E-state index is 12.4. The van der Waals surface area contributed by atoms with Crippen molar-refractivity contribution in [3.8, 4) is 0 Å². The lowest BCUT2D eigenvalue weighted by Gasteiger charge is -2.12. The highest BCUT2D eigenvalue weighted by molar-refractivity contribution is 7.16. The summed E-state index contributed by atoms with van der Waals surface area (Å²) < 4.78 is 0. The number of benzene rings is 1. The number of unbranched alkanes of at least 4 members (excludes halogenated alkanes) is 2. The number of aliphatic imine (C=N–C) groups is 1. The van der Waals surface area contributed by atoms with E-state index in [1.807, 2.05) is 39.2 Å². The van der Waals surface area contributed by atoms with Crippen LogP contribution in [0, 0.1) is 0 Å². The van der Waals surface area contributed by atoms with E-state index in [2.05, 4.69) is 42.3 Å². The lowest BCUT2D eigenvalue weighted by Crippen LogP contribution is -2.25. The van der Waals surface area contributed by atoms with E-state index in [-0.39, 0.29) is 5.91 Å². The van der Waals surface area contributed by atoms with Crippen LogP contribution in [0.3, 0.4) is 0 Å². The Labute approximate surface area is 167 Å². The van der Waals surface area contributed by atoms with E-state index in [1.54, 1.807) is 4.90 Å².